The largest absolute Gasteiger partial charge is 0.368 e. The van der Waals surface area contributed by atoms with Crippen molar-refractivity contribution in [2.24, 2.45) is 5.92 Å². The highest BCUT2D eigenvalue weighted by molar-refractivity contribution is 7.80. The summed E-state index contributed by atoms with van der Waals surface area (Å²) in [7, 11) is 0. The molecule has 0 saturated carbocycles. The van der Waals surface area contributed by atoms with Crippen LogP contribution in [0.3, 0.4) is 0 Å². The van der Waals surface area contributed by atoms with Crippen LogP contribution in [-0.4, -0.2) is 59.3 Å². The van der Waals surface area contributed by atoms with Crippen LogP contribution in [0, 0.1) is 5.92 Å². The van der Waals surface area contributed by atoms with Gasteiger partial charge in [-0.25, -0.2) is 0 Å². The number of thiocarbonyl (C=S) groups is 1. The highest BCUT2D eigenvalue weighted by atomic mass is 32.1. The molecule has 5 rings (SSSR count). The minimum Gasteiger partial charge on any atom is -0.368 e. The number of piperidine rings is 1. The van der Waals surface area contributed by atoms with Crippen molar-refractivity contribution in [2.75, 3.05) is 59.3 Å². The van der Waals surface area contributed by atoms with Gasteiger partial charge < -0.3 is 25.3 Å². The third-order valence-electron chi connectivity index (χ3n) is 6.81. The van der Waals surface area contributed by atoms with E-state index in [4.69, 9.17) is 22.2 Å². The molecule has 2 aromatic heterocycles. The van der Waals surface area contributed by atoms with E-state index < -0.39 is 0 Å². The molecule has 2 N–H and O–H groups in total. The van der Waals surface area contributed by atoms with Crippen molar-refractivity contribution in [3.05, 3.63) is 66.5 Å². The van der Waals surface area contributed by atoms with Gasteiger partial charge in [0.05, 0.1) is 0 Å². The number of pyridine rings is 1. The van der Waals surface area contributed by atoms with Gasteiger partial charge in [0.25, 0.3) is 0 Å². The number of hydrogen-bond acceptors (Lipinski definition) is 7. The van der Waals surface area contributed by atoms with Gasteiger partial charge >= 0.3 is 0 Å². The standard InChI is InChI=1S/C27H34N8S/c1-21-7-6-12-35(20-21)25-17-24(34-15-13-33(14-16-34)23-9-3-2-4-10-23)30-26(31-25)32-27(36)29-19-22-8-5-11-28-18-22/h2-5,8-11,17-18,21H,6-7,12-16,19-20H2,1H3,(H2,29,30,31,32,36). The molecular weight excluding hydrogens is 468 g/mol. The Morgan fingerprint density at radius 3 is 2.42 bits per heavy atom. The van der Waals surface area contributed by atoms with Crippen molar-refractivity contribution in [2.45, 2.75) is 26.3 Å². The number of anilines is 4. The van der Waals surface area contributed by atoms with E-state index in [0.717, 1.165) is 56.5 Å². The van der Waals surface area contributed by atoms with Crippen molar-refractivity contribution in [1.82, 2.24) is 20.3 Å². The van der Waals surface area contributed by atoms with Crippen LogP contribution in [0.5, 0.6) is 0 Å². The molecule has 2 fully saturated rings. The van der Waals surface area contributed by atoms with Crippen molar-refractivity contribution in [1.29, 1.82) is 0 Å². The first-order chi connectivity index (χ1) is 17.6. The number of nitrogens with zero attached hydrogens (tertiary/aromatic N) is 6. The van der Waals surface area contributed by atoms with Gasteiger partial charge in [0.2, 0.25) is 5.95 Å². The second-order valence-corrected chi connectivity index (χ2v) is 9.99. The topological polar surface area (TPSA) is 72.5 Å². The highest BCUT2D eigenvalue weighted by Crippen LogP contribution is 2.27. The average Bonchev–Trinajstić information content (AvgIpc) is 2.93. The maximum Gasteiger partial charge on any atom is 0.232 e. The van der Waals surface area contributed by atoms with E-state index in [0.29, 0.717) is 23.5 Å². The molecule has 0 spiro atoms. The summed E-state index contributed by atoms with van der Waals surface area (Å²) in [5.41, 5.74) is 2.34. The Kier molecular flexibility index (Phi) is 7.76. The first-order valence-electron chi connectivity index (χ1n) is 12.8. The summed E-state index contributed by atoms with van der Waals surface area (Å²) >= 11 is 5.57. The Morgan fingerprint density at radius 2 is 1.69 bits per heavy atom. The van der Waals surface area contributed by atoms with Gasteiger partial charge in [-0.2, -0.15) is 9.97 Å². The maximum absolute atomic E-state index is 5.57. The minimum atomic E-state index is 0.503. The van der Waals surface area contributed by atoms with Gasteiger partial charge in [0.1, 0.15) is 11.6 Å². The molecule has 2 saturated heterocycles. The quantitative estimate of drug-likeness (QED) is 0.488. The van der Waals surface area contributed by atoms with Gasteiger partial charge in [-0.1, -0.05) is 31.2 Å². The molecule has 0 aliphatic carbocycles. The van der Waals surface area contributed by atoms with E-state index in [-0.39, 0.29) is 0 Å². The van der Waals surface area contributed by atoms with Crippen LogP contribution in [-0.2, 0) is 6.54 Å². The number of rotatable bonds is 6. The Bertz CT molecular complexity index is 1140. The lowest BCUT2D eigenvalue weighted by atomic mass is 10.0. The van der Waals surface area contributed by atoms with Crippen molar-refractivity contribution >= 4 is 40.6 Å². The summed E-state index contributed by atoms with van der Waals surface area (Å²) in [6.45, 7) is 8.67. The average molecular weight is 503 g/mol. The van der Waals surface area contributed by atoms with Crippen molar-refractivity contribution in [3.63, 3.8) is 0 Å². The van der Waals surface area contributed by atoms with E-state index in [9.17, 15) is 0 Å². The van der Waals surface area contributed by atoms with Gasteiger partial charge in [0, 0.05) is 70.0 Å². The van der Waals surface area contributed by atoms with Crippen LogP contribution in [0.2, 0.25) is 0 Å². The minimum absolute atomic E-state index is 0.503. The summed E-state index contributed by atoms with van der Waals surface area (Å²) in [5, 5.41) is 6.98. The monoisotopic (exact) mass is 502 g/mol. The first kappa shape index (κ1) is 24.2. The Balaban J connectivity index is 1.31. The molecule has 36 heavy (non-hydrogen) atoms. The van der Waals surface area contributed by atoms with Crippen LogP contribution in [0.25, 0.3) is 0 Å². The summed E-state index contributed by atoms with van der Waals surface area (Å²) in [6, 6.07) is 16.7. The molecule has 1 aromatic carbocycles. The van der Waals surface area contributed by atoms with Crippen LogP contribution in [0.15, 0.2) is 60.9 Å². The molecule has 4 heterocycles. The maximum atomic E-state index is 5.57. The molecule has 2 aliphatic heterocycles. The predicted molar refractivity (Wildman–Crippen MR) is 151 cm³/mol. The molecule has 2 aliphatic rings. The van der Waals surface area contributed by atoms with Gasteiger partial charge in [-0.15, -0.1) is 0 Å². The molecule has 0 bridgehead atoms. The molecule has 188 valence electrons. The third-order valence-corrected chi connectivity index (χ3v) is 7.05. The molecule has 9 heteroatoms. The van der Waals surface area contributed by atoms with Crippen LogP contribution in [0.4, 0.5) is 23.3 Å². The molecule has 1 atom stereocenters. The number of piperazine rings is 1. The SMILES string of the molecule is CC1CCCN(c2cc(N3CCN(c4ccccc4)CC3)nc(NC(=S)NCc3cccnc3)n2)C1. The molecule has 1 unspecified atom stereocenters. The smallest absolute Gasteiger partial charge is 0.232 e. The zero-order valence-corrected chi connectivity index (χ0v) is 21.6. The summed E-state index contributed by atoms with van der Waals surface area (Å²) < 4.78 is 0. The van der Waals surface area contributed by atoms with Crippen LogP contribution < -0.4 is 25.3 Å². The number of hydrogen-bond donors (Lipinski definition) is 2. The number of nitrogens with one attached hydrogen (secondary N) is 2. The van der Waals surface area contributed by atoms with Crippen LogP contribution in [0.1, 0.15) is 25.3 Å². The molecule has 0 amide bonds. The van der Waals surface area contributed by atoms with Crippen molar-refractivity contribution < 1.29 is 0 Å². The molecule has 0 radical (unpaired) electrons. The number of aromatic nitrogens is 3. The highest BCUT2D eigenvalue weighted by Gasteiger charge is 2.23. The van der Waals surface area contributed by atoms with Crippen molar-refractivity contribution in [3.8, 4) is 0 Å². The molecule has 8 nitrogen and oxygen atoms in total. The fourth-order valence-electron chi connectivity index (χ4n) is 4.86. The third kappa shape index (κ3) is 6.20. The van der Waals surface area contributed by atoms with Crippen LogP contribution >= 0.6 is 12.2 Å². The lowest BCUT2D eigenvalue weighted by molar-refractivity contribution is 0.444. The molecular formula is C27H34N8S. The lowest BCUT2D eigenvalue weighted by Crippen LogP contribution is -2.47. The van der Waals surface area contributed by atoms with E-state index in [2.05, 4.69) is 73.6 Å². The summed E-state index contributed by atoms with van der Waals surface area (Å²) in [6.07, 6.45) is 6.05. The van der Waals surface area contributed by atoms with Gasteiger partial charge in [-0.3, -0.25) is 4.98 Å². The Hall–Kier alpha value is -3.46. The molecule has 3 aromatic rings. The van der Waals surface area contributed by atoms with E-state index >= 15 is 0 Å². The second-order valence-electron chi connectivity index (χ2n) is 9.58. The Labute approximate surface area is 218 Å². The van der Waals surface area contributed by atoms with Gasteiger partial charge in [0.15, 0.2) is 5.11 Å². The lowest BCUT2D eigenvalue weighted by Gasteiger charge is -2.37. The summed E-state index contributed by atoms with van der Waals surface area (Å²) in [5.74, 6) is 3.11. The number of para-hydroxylation sites is 1. The zero-order valence-electron chi connectivity index (χ0n) is 20.8. The second kappa shape index (κ2) is 11.5. The van der Waals surface area contributed by atoms with E-state index in [1.165, 1.54) is 18.5 Å². The fourth-order valence-corrected chi connectivity index (χ4v) is 5.03. The van der Waals surface area contributed by atoms with E-state index in [1.54, 1.807) is 6.20 Å². The van der Waals surface area contributed by atoms with Gasteiger partial charge in [-0.05, 0) is 54.7 Å². The fraction of sp³-hybridized carbons (Fsp3) is 0.407. The van der Waals surface area contributed by atoms with E-state index in [1.807, 2.05) is 18.3 Å². The Morgan fingerprint density at radius 1 is 0.944 bits per heavy atom. The summed E-state index contributed by atoms with van der Waals surface area (Å²) in [4.78, 5) is 21.1. The number of benzene rings is 1. The predicted octanol–water partition coefficient (Wildman–Crippen LogP) is 3.92. The normalized spacial score (nSPS) is 18.1. The first-order valence-corrected chi connectivity index (χ1v) is 13.2. The zero-order chi connectivity index (χ0) is 24.7.